The minimum atomic E-state index is -0.857. The van der Waals surface area contributed by atoms with Crippen molar-refractivity contribution in [1.29, 1.82) is 0 Å². The third-order valence-electron chi connectivity index (χ3n) is 10.5. The van der Waals surface area contributed by atoms with Crippen molar-refractivity contribution < 1.29 is 14.6 Å². The van der Waals surface area contributed by atoms with Crippen LogP contribution in [0.3, 0.4) is 0 Å². The Hall–Kier alpha value is -0.560. The summed E-state index contributed by atoms with van der Waals surface area (Å²) < 4.78 is 12.3. The summed E-state index contributed by atoms with van der Waals surface area (Å²) in [6.45, 7) is 8.78. The summed E-state index contributed by atoms with van der Waals surface area (Å²) >= 11 is 0. The molecule has 0 radical (unpaired) electrons. The average Bonchev–Trinajstić information content (AvgIpc) is 3.26. The number of hydrogen-bond acceptors (Lipinski definition) is 3. The molecule has 0 unspecified atom stereocenters. The zero-order valence-corrected chi connectivity index (χ0v) is 18.0. The summed E-state index contributed by atoms with van der Waals surface area (Å²) in [6.07, 6.45) is 16.1. The number of terminal acetylenes is 1. The molecule has 1 saturated heterocycles. The largest absolute Gasteiger partial charge is 0.378 e. The van der Waals surface area contributed by atoms with Gasteiger partial charge >= 0.3 is 0 Å². The second-order valence-electron chi connectivity index (χ2n) is 11.4. The lowest BCUT2D eigenvalue weighted by Crippen LogP contribution is -2.56. The number of hydrogen-bond donors (Lipinski definition) is 1. The summed E-state index contributed by atoms with van der Waals surface area (Å²) in [5.41, 5.74) is -0.155. The lowest BCUT2D eigenvalue weighted by Gasteiger charge is -2.62. The van der Waals surface area contributed by atoms with Gasteiger partial charge in [0.15, 0.2) is 5.79 Å². The van der Waals surface area contributed by atoms with E-state index in [9.17, 15) is 5.11 Å². The fourth-order valence-electron chi connectivity index (χ4n) is 8.97. The summed E-state index contributed by atoms with van der Waals surface area (Å²) in [4.78, 5) is 0. The summed E-state index contributed by atoms with van der Waals surface area (Å²) in [5, 5.41) is 10.7. The van der Waals surface area contributed by atoms with E-state index in [1.165, 1.54) is 38.5 Å². The number of rotatable bonds is 1. The molecule has 0 bridgehead atoms. The van der Waals surface area contributed by atoms with Crippen molar-refractivity contribution in [2.75, 3.05) is 13.2 Å². The molecule has 3 heteroatoms. The van der Waals surface area contributed by atoms with Gasteiger partial charge < -0.3 is 14.6 Å². The highest BCUT2D eigenvalue weighted by Crippen LogP contribution is 2.69. The zero-order chi connectivity index (χ0) is 19.8. The van der Waals surface area contributed by atoms with Crippen molar-refractivity contribution >= 4 is 0 Å². The van der Waals surface area contributed by atoms with Crippen LogP contribution in [0.4, 0.5) is 0 Å². The van der Waals surface area contributed by atoms with E-state index in [0.717, 1.165) is 50.2 Å². The van der Waals surface area contributed by atoms with Crippen molar-refractivity contribution in [2.45, 2.75) is 89.9 Å². The highest BCUT2D eigenvalue weighted by molar-refractivity contribution is 5.16. The van der Waals surface area contributed by atoms with Gasteiger partial charge in [0.2, 0.25) is 0 Å². The number of fused-ring (bicyclic) bond motifs is 5. The highest BCUT2D eigenvalue weighted by atomic mass is 16.7. The average molecular weight is 387 g/mol. The van der Waals surface area contributed by atoms with Crippen molar-refractivity contribution in [3.8, 4) is 12.3 Å². The molecule has 5 fully saturated rings. The molecule has 4 aliphatic carbocycles. The first-order chi connectivity index (χ1) is 13.2. The van der Waals surface area contributed by atoms with Crippen LogP contribution < -0.4 is 0 Å². The molecular formula is C25H38O3. The van der Waals surface area contributed by atoms with E-state index in [-0.39, 0.29) is 5.79 Å². The SMILES string of the molecule is C#C[C@@]1(O)CC[C@@]2(C)[C@H](CC[C@@H]3[C@@H]2CC[C@]2(C)[C@@H](C4(C)OCCO4)CC[C@@H]32)C1. The first kappa shape index (κ1) is 19.4. The minimum absolute atomic E-state index is 0.345. The van der Waals surface area contributed by atoms with E-state index in [1.54, 1.807) is 0 Å². The second kappa shape index (κ2) is 6.22. The smallest absolute Gasteiger partial charge is 0.169 e. The van der Waals surface area contributed by atoms with Gasteiger partial charge in [-0.3, -0.25) is 0 Å². The Morgan fingerprint density at radius 2 is 1.57 bits per heavy atom. The van der Waals surface area contributed by atoms with Crippen molar-refractivity contribution in [3.05, 3.63) is 0 Å². The Balaban J connectivity index is 1.40. The Labute approximate surface area is 170 Å². The van der Waals surface area contributed by atoms with E-state index in [1.807, 2.05) is 0 Å². The van der Waals surface area contributed by atoms with Crippen LogP contribution >= 0.6 is 0 Å². The first-order valence-electron chi connectivity index (χ1n) is 11.7. The van der Waals surface area contributed by atoms with Gasteiger partial charge in [0.05, 0.1) is 13.2 Å². The summed E-state index contributed by atoms with van der Waals surface area (Å²) in [6, 6.07) is 0. The number of aliphatic hydroxyl groups is 1. The molecule has 4 saturated carbocycles. The molecule has 28 heavy (non-hydrogen) atoms. The van der Waals surface area contributed by atoms with E-state index in [4.69, 9.17) is 15.9 Å². The summed E-state index contributed by atoms with van der Waals surface area (Å²) in [7, 11) is 0. The van der Waals surface area contributed by atoms with E-state index >= 15 is 0 Å². The Morgan fingerprint density at radius 3 is 2.29 bits per heavy atom. The molecule has 0 aromatic carbocycles. The lowest BCUT2D eigenvalue weighted by molar-refractivity contribution is -0.219. The molecule has 156 valence electrons. The van der Waals surface area contributed by atoms with Gasteiger partial charge in [-0.2, -0.15) is 0 Å². The van der Waals surface area contributed by atoms with Crippen LogP contribution in [0.2, 0.25) is 0 Å². The van der Waals surface area contributed by atoms with Crippen LogP contribution in [-0.4, -0.2) is 29.7 Å². The van der Waals surface area contributed by atoms with Gasteiger partial charge in [-0.1, -0.05) is 19.8 Å². The van der Waals surface area contributed by atoms with Gasteiger partial charge in [-0.15, -0.1) is 6.42 Å². The summed E-state index contributed by atoms with van der Waals surface area (Å²) in [5.74, 6) is 5.88. The van der Waals surface area contributed by atoms with Crippen molar-refractivity contribution in [1.82, 2.24) is 0 Å². The molecule has 5 aliphatic rings. The van der Waals surface area contributed by atoms with E-state index < -0.39 is 5.60 Å². The highest BCUT2D eigenvalue weighted by Gasteiger charge is 2.64. The number of ether oxygens (including phenoxy) is 2. The molecule has 1 N–H and O–H groups in total. The molecule has 1 heterocycles. The van der Waals surface area contributed by atoms with Crippen LogP contribution in [0, 0.1) is 52.8 Å². The van der Waals surface area contributed by atoms with E-state index in [0.29, 0.717) is 22.7 Å². The van der Waals surface area contributed by atoms with Crippen LogP contribution in [0.15, 0.2) is 0 Å². The quantitative estimate of drug-likeness (QED) is 0.660. The zero-order valence-electron chi connectivity index (χ0n) is 18.0. The van der Waals surface area contributed by atoms with Crippen LogP contribution in [0.25, 0.3) is 0 Å². The Kier molecular flexibility index (Phi) is 4.31. The van der Waals surface area contributed by atoms with Crippen LogP contribution in [-0.2, 0) is 9.47 Å². The molecule has 0 aromatic rings. The topological polar surface area (TPSA) is 38.7 Å². The third kappa shape index (κ3) is 2.53. The van der Waals surface area contributed by atoms with Gasteiger partial charge in [0, 0.05) is 5.92 Å². The lowest BCUT2D eigenvalue weighted by atomic mass is 9.43. The third-order valence-corrected chi connectivity index (χ3v) is 10.5. The maximum atomic E-state index is 10.7. The molecule has 5 rings (SSSR count). The standard InChI is InChI=1S/C25H38O3/c1-5-25(26)13-12-22(2)17(16-25)6-7-18-19-8-9-21(24(4)27-14-15-28-24)23(19,3)11-10-20(18)22/h1,17-21,26H,6-16H2,2-4H3/t17-,18+,19+,20+,21+,22+,23+,25-/m1/s1. The van der Waals surface area contributed by atoms with Crippen molar-refractivity contribution in [2.24, 2.45) is 40.4 Å². The predicted molar refractivity (Wildman–Crippen MR) is 109 cm³/mol. The molecule has 0 aromatic heterocycles. The van der Waals surface area contributed by atoms with Crippen molar-refractivity contribution in [3.63, 3.8) is 0 Å². The predicted octanol–water partition coefficient (Wildman–Crippen LogP) is 4.77. The molecule has 0 spiro atoms. The maximum Gasteiger partial charge on any atom is 0.169 e. The fraction of sp³-hybridized carbons (Fsp3) is 0.920. The van der Waals surface area contributed by atoms with Gasteiger partial charge in [0.25, 0.3) is 0 Å². The van der Waals surface area contributed by atoms with Gasteiger partial charge in [0.1, 0.15) is 5.60 Å². The maximum absolute atomic E-state index is 10.7. The molecule has 8 atom stereocenters. The second-order valence-corrected chi connectivity index (χ2v) is 11.4. The minimum Gasteiger partial charge on any atom is -0.378 e. The first-order valence-corrected chi connectivity index (χ1v) is 11.7. The Morgan fingerprint density at radius 1 is 0.857 bits per heavy atom. The van der Waals surface area contributed by atoms with Crippen LogP contribution in [0.1, 0.15) is 78.6 Å². The van der Waals surface area contributed by atoms with Gasteiger partial charge in [-0.25, -0.2) is 0 Å². The van der Waals surface area contributed by atoms with Crippen LogP contribution in [0.5, 0.6) is 0 Å². The monoisotopic (exact) mass is 386 g/mol. The molecule has 3 nitrogen and oxygen atoms in total. The fourth-order valence-corrected chi connectivity index (χ4v) is 8.97. The Bertz CT molecular complexity index is 676. The van der Waals surface area contributed by atoms with Gasteiger partial charge in [-0.05, 0) is 99.2 Å². The molecule has 1 aliphatic heterocycles. The van der Waals surface area contributed by atoms with E-state index in [2.05, 4.69) is 26.7 Å². The normalized spacial score (nSPS) is 55.0. The molecular weight excluding hydrogens is 348 g/mol. The molecule has 0 amide bonds.